The molecule has 0 atom stereocenters. The van der Waals surface area contributed by atoms with Crippen molar-refractivity contribution in [3.05, 3.63) is 30.6 Å². The topological polar surface area (TPSA) is 72.7 Å². The van der Waals surface area contributed by atoms with Crippen LogP contribution < -0.4 is 5.32 Å². The monoisotopic (exact) mass is 237 g/mol. The highest BCUT2D eigenvalue weighted by Crippen LogP contribution is 2.18. The number of alkyl halides is 1. The lowest BCUT2D eigenvalue weighted by Crippen LogP contribution is -2.14. The van der Waals surface area contributed by atoms with Gasteiger partial charge in [-0.05, 0) is 22.6 Å². The quantitative estimate of drug-likeness (QED) is 0.803. The van der Waals surface area contributed by atoms with Gasteiger partial charge < -0.3 is 5.32 Å². The van der Waals surface area contributed by atoms with E-state index in [9.17, 15) is 4.79 Å². The van der Waals surface area contributed by atoms with Crippen molar-refractivity contribution in [1.29, 1.82) is 0 Å². The van der Waals surface area contributed by atoms with Crippen LogP contribution in [0.15, 0.2) is 30.6 Å². The van der Waals surface area contributed by atoms with Crippen molar-refractivity contribution < 1.29 is 4.79 Å². The number of hydrogen-bond acceptors (Lipinski definition) is 4. The molecule has 7 heteroatoms. The molecule has 1 aromatic carbocycles. The summed E-state index contributed by atoms with van der Waals surface area (Å²) in [6.07, 6.45) is 1.45. The van der Waals surface area contributed by atoms with E-state index in [1.807, 2.05) is 6.07 Å². The van der Waals surface area contributed by atoms with E-state index in [1.54, 1.807) is 18.2 Å². The molecule has 2 aromatic rings. The van der Waals surface area contributed by atoms with Crippen molar-refractivity contribution >= 4 is 23.2 Å². The van der Waals surface area contributed by atoms with Crippen LogP contribution >= 0.6 is 11.6 Å². The van der Waals surface area contributed by atoms with Gasteiger partial charge in [0, 0.05) is 0 Å². The smallest absolute Gasteiger partial charge is 0.239 e. The van der Waals surface area contributed by atoms with Gasteiger partial charge in [0.05, 0.1) is 11.4 Å². The molecule has 0 saturated carbocycles. The van der Waals surface area contributed by atoms with Gasteiger partial charge in [-0.25, -0.2) is 0 Å². The van der Waals surface area contributed by atoms with Gasteiger partial charge in [-0.3, -0.25) is 4.79 Å². The van der Waals surface area contributed by atoms with Crippen molar-refractivity contribution in [2.45, 2.75) is 0 Å². The van der Waals surface area contributed by atoms with E-state index < -0.39 is 0 Å². The highest BCUT2D eigenvalue weighted by atomic mass is 35.5. The first-order valence-corrected chi connectivity index (χ1v) is 5.03. The largest absolute Gasteiger partial charge is 0.323 e. The van der Waals surface area contributed by atoms with Crippen LogP contribution in [0.1, 0.15) is 0 Å². The van der Waals surface area contributed by atoms with Crippen LogP contribution in [-0.2, 0) is 4.79 Å². The molecular weight excluding hydrogens is 230 g/mol. The first-order chi connectivity index (χ1) is 7.81. The zero-order valence-corrected chi connectivity index (χ0v) is 8.92. The molecule has 1 heterocycles. The predicted molar refractivity (Wildman–Crippen MR) is 58.5 cm³/mol. The molecule has 82 valence electrons. The van der Waals surface area contributed by atoms with Crippen LogP contribution in [0, 0.1) is 0 Å². The Balaban J connectivity index is 2.35. The molecule has 0 aliphatic rings. The van der Waals surface area contributed by atoms with Crippen LogP contribution in [0.2, 0.25) is 0 Å². The zero-order valence-electron chi connectivity index (χ0n) is 8.17. The fourth-order valence-corrected chi connectivity index (χ4v) is 1.30. The van der Waals surface area contributed by atoms with E-state index in [1.165, 1.54) is 11.0 Å². The second-order valence-electron chi connectivity index (χ2n) is 2.95. The van der Waals surface area contributed by atoms with E-state index in [0.717, 1.165) is 0 Å². The van der Waals surface area contributed by atoms with E-state index >= 15 is 0 Å². The molecule has 1 amide bonds. The van der Waals surface area contributed by atoms with Gasteiger partial charge in [-0.15, -0.1) is 16.7 Å². The molecule has 0 fully saturated rings. The van der Waals surface area contributed by atoms with Crippen molar-refractivity contribution in [3.63, 3.8) is 0 Å². The standard InChI is InChI=1S/C9H8ClN5O/c10-5-9(16)12-7-3-1-2-4-8(7)15-6-11-13-14-15/h1-4,6H,5H2,(H,12,16). The number of anilines is 1. The normalized spacial score (nSPS) is 10.1. The fourth-order valence-electron chi connectivity index (χ4n) is 1.23. The molecule has 0 aliphatic carbocycles. The van der Waals surface area contributed by atoms with Crippen LogP contribution in [0.4, 0.5) is 5.69 Å². The maximum absolute atomic E-state index is 11.2. The molecular formula is C9H8ClN5O. The summed E-state index contributed by atoms with van der Waals surface area (Å²) in [5.74, 6) is -0.369. The van der Waals surface area contributed by atoms with E-state index in [2.05, 4.69) is 20.8 Å². The van der Waals surface area contributed by atoms with E-state index in [0.29, 0.717) is 11.4 Å². The van der Waals surface area contributed by atoms with Crippen LogP contribution in [0.25, 0.3) is 5.69 Å². The highest BCUT2D eigenvalue weighted by molar-refractivity contribution is 6.29. The predicted octanol–water partition coefficient (Wildman–Crippen LogP) is 0.840. The van der Waals surface area contributed by atoms with Gasteiger partial charge in [0.2, 0.25) is 5.91 Å². The van der Waals surface area contributed by atoms with E-state index in [4.69, 9.17) is 11.6 Å². The zero-order chi connectivity index (χ0) is 11.4. The van der Waals surface area contributed by atoms with Crippen molar-refractivity contribution in [2.75, 3.05) is 11.2 Å². The number of rotatable bonds is 3. The molecule has 0 saturated heterocycles. The molecule has 6 nitrogen and oxygen atoms in total. The third kappa shape index (κ3) is 2.17. The highest BCUT2D eigenvalue weighted by Gasteiger charge is 2.07. The SMILES string of the molecule is O=C(CCl)Nc1ccccc1-n1cnnn1. The van der Waals surface area contributed by atoms with E-state index in [-0.39, 0.29) is 11.8 Å². The molecule has 0 bridgehead atoms. The van der Waals surface area contributed by atoms with Crippen LogP contribution in [0.3, 0.4) is 0 Å². The minimum Gasteiger partial charge on any atom is -0.323 e. The summed E-state index contributed by atoms with van der Waals surface area (Å²) in [6, 6.07) is 7.17. The molecule has 0 aliphatic heterocycles. The summed E-state index contributed by atoms with van der Waals surface area (Å²) in [7, 11) is 0. The minimum absolute atomic E-state index is 0.0933. The molecule has 1 N–H and O–H groups in total. The van der Waals surface area contributed by atoms with Gasteiger partial charge in [-0.2, -0.15) is 4.68 Å². The Bertz CT molecular complexity index is 484. The molecule has 1 aromatic heterocycles. The van der Waals surface area contributed by atoms with Crippen LogP contribution in [-0.4, -0.2) is 32.0 Å². The number of benzene rings is 1. The number of nitrogens with zero attached hydrogens (tertiary/aromatic N) is 4. The maximum Gasteiger partial charge on any atom is 0.239 e. The minimum atomic E-state index is -0.276. The maximum atomic E-state index is 11.2. The third-order valence-electron chi connectivity index (χ3n) is 1.90. The Hall–Kier alpha value is -1.95. The molecule has 16 heavy (non-hydrogen) atoms. The Morgan fingerprint density at radius 3 is 2.94 bits per heavy atom. The number of carbonyl (C=O) groups is 1. The average molecular weight is 238 g/mol. The number of aromatic nitrogens is 4. The average Bonchev–Trinajstić information content (AvgIpc) is 2.83. The lowest BCUT2D eigenvalue weighted by atomic mass is 10.2. The lowest BCUT2D eigenvalue weighted by molar-refractivity contribution is -0.113. The Kier molecular flexibility index (Phi) is 3.11. The first kappa shape index (κ1) is 10.6. The van der Waals surface area contributed by atoms with Gasteiger partial charge in [0.1, 0.15) is 12.2 Å². The van der Waals surface area contributed by atoms with Crippen LogP contribution in [0.5, 0.6) is 0 Å². The van der Waals surface area contributed by atoms with Crippen molar-refractivity contribution in [3.8, 4) is 5.69 Å². The summed E-state index contributed by atoms with van der Waals surface area (Å²) < 4.78 is 1.46. The second kappa shape index (κ2) is 4.71. The number of tetrazole rings is 1. The second-order valence-corrected chi connectivity index (χ2v) is 3.22. The number of amides is 1. The fraction of sp³-hybridized carbons (Fsp3) is 0.111. The summed E-state index contributed by atoms with van der Waals surface area (Å²) in [5.41, 5.74) is 1.30. The summed E-state index contributed by atoms with van der Waals surface area (Å²) in [6.45, 7) is 0. The van der Waals surface area contributed by atoms with Crippen molar-refractivity contribution in [1.82, 2.24) is 20.2 Å². The molecule has 0 unspecified atom stereocenters. The summed E-state index contributed by atoms with van der Waals surface area (Å²) >= 11 is 5.42. The number of hydrogen-bond donors (Lipinski definition) is 1. The number of carbonyl (C=O) groups excluding carboxylic acids is 1. The number of halogens is 1. The Morgan fingerprint density at radius 2 is 2.25 bits per heavy atom. The molecule has 0 spiro atoms. The van der Waals surface area contributed by atoms with Gasteiger partial charge in [0.15, 0.2) is 0 Å². The van der Waals surface area contributed by atoms with Crippen molar-refractivity contribution in [2.24, 2.45) is 0 Å². The number of para-hydroxylation sites is 2. The molecule has 2 rings (SSSR count). The summed E-state index contributed by atoms with van der Waals surface area (Å²) in [5, 5.41) is 13.5. The summed E-state index contributed by atoms with van der Waals surface area (Å²) in [4.78, 5) is 11.2. The molecule has 0 radical (unpaired) electrons. The Labute approximate surface area is 96.2 Å². The lowest BCUT2D eigenvalue weighted by Gasteiger charge is -2.08. The third-order valence-corrected chi connectivity index (χ3v) is 2.14. The Morgan fingerprint density at radius 1 is 1.44 bits per heavy atom. The number of nitrogens with one attached hydrogen (secondary N) is 1. The van der Waals surface area contributed by atoms with Gasteiger partial charge in [0.25, 0.3) is 0 Å². The first-order valence-electron chi connectivity index (χ1n) is 4.49. The van der Waals surface area contributed by atoms with Gasteiger partial charge in [-0.1, -0.05) is 12.1 Å². The van der Waals surface area contributed by atoms with Gasteiger partial charge >= 0.3 is 0 Å².